The first-order chi connectivity index (χ1) is 14.5. The van der Waals surface area contributed by atoms with Crippen molar-refractivity contribution >= 4 is 22.5 Å². The lowest BCUT2D eigenvalue weighted by Gasteiger charge is -2.38. The van der Waals surface area contributed by atoms with Gasteiger partial charge in [0.15, 0.2) is 6.10 Å². The largest absolute Gasteiger partial charge is 0.466 e. The normalized spacial score (nSPS) is 18.6. The molecule has 0 bridgehead atoms. The van der Waals surface area contributed by atoms with Crippen LogP contribution in [0.25, 0.3) is 16.6 Å². The van der Waals surface area contributed by atoms with Gasteiger partial charge in [0, 0.05) is 43.0 Å². The van der Waals surface area contributed by atoms with Gasteiger partial charge in [-0.1, -0.05) is 18.2 Å². The highest BCUT2D eigenvalue weighted by molar-refractivity contribution is 5.99. The maximum absolute atomic E-state index is 14.6. The number of likely N-dealkylation sites (tertiary alicyclic amines) is 1. The molecule has 0 aliphatic carbocycles. The Morgan fingerprint density at radius 1 is 1.10 bits per heavy atom. The lowest BCUT2D eigenvalue weighted by atomic mass is 10.0. The molecule has 6 nitrogen and oxygen atoms in total. The molecule has 1 aliphatic rings. The summed E-state index contributed by atoms with van der Waals surface area (Å²) in [6.45, 7) is -0.291. The molecule has 4 aromatic rings. The Hall–Kier alpha value is -3.55. The third-order valence-corrected chi connectivity index (χ3v) is 5.34. The first-order valence-electron chi connectivity index (χ1n) is 9.62. The molecule has 0 radical (unpaired) electrons. The molecule has 8 heteroatoms. The molecule has 1 aliphatic heterocycles. The number of piperidine rings is 1. The third-order valence-electron chi connectivity index (χ3n) is 5.34. The minimum Gasteiger partial charge on any atom is -0.466 e. The molecular weight excluding hydrogens is 390 g/mol. The standard InChI is InChI=1S/C22H18F2N4O2/c23-22(24)9-12-28(21(29)16-5-3-11-27-13-10-25-20(16)27)14-18(22)30-19-8-7-15-4-1-2-6-17(15)26-19/h1-8,10-11,13,18H,9,12,14H2. The molecule has 1 saturated heterocycles. The van der Waals surface area contributed by atoms with E-state index in [2.05, 4.69) is 9.97 Å². The second-order valence-electron chi connectivity index (χ2n) is 7.29. The van der Waals surface area contributed by atoms with Crippen molar-refractivity contribution in [2.45, 2.75) is 18.4 Å². The number of hydrogen-bond donors (Lipinski definition) is 0. The van der Waals surface area contributed by atoms with Crippen molar-refractivity contribution in [3.8, 4) is 5.88 Å². The number of benzene rings is 1. The summed E-state index contributed by atoms with van der Waals surface area (Å²) in [6, 6.07) is 14.1. The van der Waals surface area contributed by atoms with Gasteiger partial charge in [0.25, 0.3) is 11.8 Å². The van der Waals surface area contributed by atoms with E-state index >= 15 is 0 Å². The van der Waals surface area contributed by atoms with Gasteiger partial charge in [-0.05, 0) is 24.3 Å². The number of carbonyl (C=O) groups is 1. The van der Waals surface area contributed by atoms with Crippen LogP contribution in [0.5, 0.6) is 5.88 Å². The number of imidazole rings is 1. The second-order valence-corrected chi connectivity index (χ2v) is 7.29. The van der Waals surface area contributed by atoms with Crippen LogP contribution < -0.4 is 4.74 Å². The topological polar surface area (TPSA) is 59.7 Å². The Balaban J connectivity index is 1.40. The van der Waals surface area contributed by atoms with Gasteiger partial charge in [0.2, 0.25) is 5.88 Å². The van der Waals surface area contributed by atoms with E-state index in [0.29, 0.717) is 16.7 Å². The van der Waals surface area contributed by atoms with Crippen LogP contribution in [0.15, 0.2) is 67.1 Å². The van der Waals surface area contributed by atoms with Gasteiger partial charge in [-0.25, -0.2) is 18.7 Å². The summed E-state index contributed by atoms with van der Waals surface area (Å²) in [5, 5.41) is 0.893. The summed E-state index contributed by atoms with van der Waals surface area (Å²) in [7, 11) is 0. The summed E-state index contributed by atoms with van der Waals surface area (Å²) in [5.74, 6) is -3.30. The molecule has 0 saturated carbocycles. The van der Waals surface area contributed by atoms with Crippen molar-refractivity contribution in [3.05, 3.63) is 72.7 Å². The average molecular weight is 408 g/mol. The van der Waals surface area contributed by atoms with Gasteiger partial charge >= 0.3 is 0 Å². The van der Waals surface area contributed by atoms with Crippen molar-refractivity contribution in [1.29, 1.82) is 0 Å². The Kier molecular flexibility index (Phi) is 4.34. The van der Waals surface area contributed by atoms with Crippen LogP contribution in [0.4, 0.5) is 8.78 Å². The maximum Gasteiger partial charge on any atom is 0.287 e. The smallest absolute Gasteiger partial charge is 0.287 e. The van der Waals surface area contributed by atoms with Crippen molar-refractivity contribution in [3.63, 3.8) is 0 Å². The van der Waals surface area contributed by atoms with Gasteiger partial charge in [-0.15, -0.1) is 0 Å². The third kappa shape index (κ3) is 3.24. The van der Waals surface area contributed by atoms with Gasteiger partial charge in [-0.2, -0.15) is 0 Å². The number of hydrogen-bond acceptors (Lipinski definition) is 4. The van der Waals surface area contributed by atoms with Crippen molar-refractivity contribution < 1.29 is 18.3 Å². The minimum atomic E-state index is -3.07. The average Bonchev–Trinajstić information content (AvgIpc) is 3.23. The lowest BCUT2D eigenvalue weighted by Crippen LogP contribution is -2.55. The fourth-order valence-electron chi connectivity index (χ4n) is 3.72. The lowest BCUT2D eigenvalue weighted by molar-refractivity contribution is -0.131. The number of fused-ring (bicyclic) bond motifs is 2. The van der Waals surface area contributed by atoms with E-state index in [1.54, 1.807) is 53.3 Å². The summed E-state index contributed by atoms with van der Waals surface area (Å²) in [5.41, 5.74) is 1.52. The highest BCUT2D eigenvalue weighted by Crippen LogP contribution is 2.32. The monoisotopic (exact) mass is 408 g/mol. The molecule has 3 aromatic heterocycles. The molecular formula is C22H18F2N4O2. The molecule has 30 heavy (non-hydrogen) atoms. The summed E-state index contributed by atoms with van der Waals surface area (Å²) < 4.78 is 36.5. The fraction of sp³-hybridized carbons (Fsp3) is 0.227. The number of para-hydroxylation sites is 1. The zero-order valence-electron chi connectivity index (χ0n) is 15.9. The molecule has 0 N–H and O–H groups in total. The van der Waals surface area contributed by atoms with Crippen LogP contribution in [0.3, 0.4) is 0 Å². The molecule has 1 aromatic carbocycles. The number of aromatic nitrogens is 3. The van der Waals surface area contributed by atoms with Crippen LogP contribution in [-0.2, 0) is 0 Å². The highest BCUT2D eigenvalue weighted by atomic mass is 19.3. The maximum atomic E-state index is 14.6. The van der Waals surface area contributed by atoms with Crippen LogP contribution >= 0.6 is 0 Å². The van der Waals surface area contributed by atoms with Crippen LogP contribution in [0.2, 0.25) is 0 Å². The zero-order valence-corrected chi connectivity index (χ0v) is 15.9. The molecule has 1 unspecified atom stereocenters. The van der Waals surface area contributed by atoms with Crippen molar-refractivity contribution in [2.24, 2.45) is 0 Å². The van der Waals surface area contributed by atoms with Gasteiger partial charge in [-0.3, -0.25) is 4.79 Å². The highest BCUT2D eigenvalue weighted by Gasteiger charge is 2.47. The van der Waals surface area contributed by atoms with Crippen molar-refractivity contribution in [2.75, 3.05) is 13.1 Å². The first kappa shape index (κ1) is 18.5. The number of pyridine rings is 2. The number of carbonyl (C=O) groups excluding carboxylic acids is 1. The summed E-state index contributed by atoms with van der Waals surface area (Å²) >= 11 is 0. The van der Waals surface area contributed by atoms with E-state index in [-0.39, 0.29) is 24.9 Å². The number of nitrogens with zero attached hydrogens (tertiary/aromatic N) is 4. The minimum absolute atomic E-state index is 0.0569. The van der Waals surface area contributed by atoms with Gasteiger partial charge in [0.1, 0.15) is 5.65 Å². The Bertz CT molecular complexity index is 1240. The second kappa shape index (κ2) is 7.05. The van der Waals surface area contributed by atoms with E-state index in [9.17, 15) is 13.6 Å². The Labute approximate surface area is 170 Å². The summed E-state index contributed by atoms with van der Waals surface area (Å²) in [6.07, 6.45) is 3.14. The number of alkyl halides is 2. The SMILES string of the molecule is O=C(c1cccn2ccnc12)N1CCC(F)(F)C(Oc2ccc3ccccc3n2)C1. The molecule has 1 atom stereocenters. The first-order valence-corrected chi connectivity index (χ1v) is 9.62. The molecule has 152 valence electrons. The van der Waals surface area contributed by atoms with Crippen LogP contribution in [0, 0.1) is 0 Å². The fourth-order valence-corrected chi connectivity index (χ4v) is 3.72. The molecule has 0 spiro atoms. The van der Waals surface area contributed by atoms with E-state index in [1.807, 2.05) is 18.2 Å². The van der Waals surface area contributed by atoms with Crippen molar-refractivity contribution in [1.82, 2.24) is 19.3 Å². The van der Waals surface area contributed by atoms with Crippen LogP contribution in [-0.4, -0.2) is 50.3 Å². The number of ether oxygens (including phenoxy) is 1. The quantitative estimate of drug-likeness (QED) is 0.517. The molecule has 4 heterocycles. The molecule has 1 amide bonds. The number of rotatable bonds is 3. The Morgan fingerprint density at radius 2 is 1.97 bits per heavy atom. The Morgan fingerprint density at radius 3 is 2.87 bits per heavy atom. The number of amides is 1. The molecule has 1 fully saturated rings. The van der Waals surface area contributed by atoms with E-state index in [1.165, 1.54) is 4.90 Å². The number of halogens is 2. The zero-order chi connectivity index (χ0) is 20.7. The summed E-state index contributed by atoms with van der Waals surface area (Å²) in [4.78, 5) is 23.0. The van der Waals surface area contributed by atoms with Gasteiger partial charge < -0.3 is 14.0 Å². The van der Waals surface area contributed by atoms with Gasteiger partial charge in [0.05, 0.1) is 17.6 Å². The van der Waals surface area contributed by atoms with E-state index < -0.39 is 18.4 Å². The van der Waals surface area contributed by atoms with Crippen LogP contribution in [0.1, 0.15) is 16.8 Å². The molecule has 5 rings (SSSR count). The van der Waals surface area contributed by atoms with E-state index in [0.717, 1.165) is 5.39 Å². The predicted molar refractivity (Wildman–Crippen MR) is 107 cm³/mol. The van der Waals surface area contributed by atoms with E-state index in [4.69, 9.17) is 4.74 Å². The predicted octanol–water partition coefficient (Wildman–Crippen LogP) is 3.81.